The lowest BCUT2D eigenvalue weighted by atomic mass is 9.98. The van der Waals surface area contributed by atoms with Crippen LogP contribution in [0.15, 0.2) is 30.0 Å². The Hall–Kier alpha value is -2.68. The molecule has 1 unspecified atom stereocenters. The van der Waals surface area contributed by atoms with Crippen LogP contribution < -0.4 is 9.47 Å². The molecule has 0 radical (unpaired) electrons. The van der Waals surface area contributed by atoms with E-state index in [4.69, 9.17) is 4.74 Å². The molecule has 1 aliphatic rings. The minimum Gasteiger partial charge on any atom is -0.462 e. The Morgan fingerprint density at radius 2 is 2.24 bits per heavy atom. The van der Waals surface area contributed by atoms with Crippen molar-refractivity contribution in [1.82, 2.24) is 0 Å². The van der Waals surface area contributed by atoms with Crippen molar-refractivity contribution in [1.29, 1.82) is 5.26 Å². The van der Waals surface area contributed by atoms with E-state index >= 15 is 0 Å². The Balaban J connectivity index is 2.61. The number of carbonyl (C=O) groups excluding carboxylic acids is 2. The Labute approximate surface area is 122 Å². The van der Waals surface area contributed by atoms with Gasteiger partial charge in [0.05, 0.1) is 6.61 Å². The summed E-state index contributed by atoms with van der Waals surface area (Å²) in [6, 6.07) is 4.90. The van der Waals surface area contributed by atoms with Gasteiger partial charge < -0.3 is 9.64 Å². The van der Waals surface area contributed by atoms with Crippen LogP contribution in [0, 0.1) is 11.3 Å². The normalized spacial score (nSPS) is 16.6. The summed E-state index contributed by atoms with van der Waals surface area (Å²) < 4.78 is 6.47. The molecule has 0 saturated carbocycles. The van der Waals surface area contributed by atoms with Crippen molar-refractivity contribution < 1.29 is 18.9 Å². The summed E-state index contributed by atoms with van der Waals surface area (Å²) in [7, 11) is 3.60. The van der Waals surface area contributed by atoms with Crippen LogP contribution >= 0.6 is 0 Å². The SMILES string of the molecule is CCOC(=O)C1=CC(C#N)[n+]2cccc(N(C)C)c2C1=O. The molecule has 0 saturated heterocycles. The van der Waals surface area contributed by atoms with E-state index < -0.39 is 17.8 Å². The van der Waals surface area contributed by atoms with Crippen molar-refractivity contribution in [3.05, 3.63) is 35.7 Å². The monoisotopic (exact) mass is 286 g/mol. The van der Waals surface area contributed by atoms with Gasteiger partial charge in [0.2, 0.25) is 0 Å². The van der Waals surface area contributed by atoms with Crippen LogP contribution in [-0.4, -0.2) is 32.5 Å². The number of anilines is 1. The third-order valence-corrected chi connectivity index (χ3v) is 3.19. The first kappa shape index (κ1) is 14.7. The summed E-state index contributed by atoms with van der Waals surface area (Å²) in [5.74, 6) is -1.12. The number of rotatable bonds is 3. The van der Waals surface area contributed by atoms with E-state index in [0.29, 0.717) is 11.4 Å². The van der Waals surface area contributed by atoms with Crippen LogP contribution in [0.2, 0.25) is 0 Å². The number of allylic oxidation sites excluding steroid dienone is 1. The Morgan fingerprint density at radius 1 is 1.52 bits per heavy atom. The fraction of sp³-hybridized carbons (Fsp3) is 0.333. The number of fused-ring (bicyclic) bond motifs is 1. The number of pyridine rings is 1. The summed E-state index contributed by atoms with van der Waals surface area (Å²) in [6.45, 7) is 1.84. The number of esters is 1. The molecule has 1 aliphatic heterocycles. The Morgan fingerprint density at radius 3 is 2.81 bits per heavy atom. The maximum Gasteiger partial charge on any atom is 0.342 e. The molecule has 0 spiro atoms. The van der Waals surface area contributed by atoms with Crippen LogP contribution in [0.1, 0.15) is 23.5 Å². The Kier molecular flexibility index (Phi) is 4.03. The zero-order valence-electron chi connectivity index (χ0n) is 12.2. The number of ether oxygens (including phenoxy) is 1. The van der Waals surface area contributed by atoms with E-state index in [2.05, 4.69) is 6.07 Å². The van der Waals surface area contributed by atoms with Gasteiger partial charge in [0.15, 0.2) is 6.20 Å². The highest BCUT2D eigenvalue weighted by atomic mass is 16.5. The van der Waals surface area contributed by atoms with E-state index in [1.807, 2.05) is 0 Å². The largest absolute Gasteiger partial charge is 0.462 e. The second-order valence-corrected chi connectivity index (χ2v) is 4.75. The summed E-state index contributed by atoms with van der Waals surface area (Å²) in [4.78, 5) is 26.3. The fourth-order valence-corrected chi connectivity index (χ4v) is 2.25. The number of nitriles is 1. The molecule has 108 valence electrons. The minimum atomic E-state index is -0.711. The first-order valence-corrected chi connectivity index (χ1v) is 6.56. The van der Waals surface area contributed by atoms with Crippen LogP contribution in [0.4, 0.5) is 5.69 Å². The maximum absolute atomic E-state index is 12.6. The van der Waals surface area contributed by atoms with Crippen molar-refractivity contribution in [3.63, 3.8) is 0 Å². The number of hydrogen-bond donors (Lipinski definition) is 0. The maximum atomic E-state index is 12.6. The van der Waals surface area contributed by atoms with Gasteiger partial charge in [0.1, 0.15) is 17.3 Å². The van der Waals surface area contributed by atoms with Gasteiger partial charge in [-0.1, -0.05) is 0 Å². The highest BCUT2D eigenvalue weighted by Gasteiger charge is 2.40. The molecule has 21 heavy (non-hydrogen) atoms. The third kappa shape index (κ3) is 2.50. The second-order valence-electron chi connectivity index (χ2n) is 4.75. The van der Waals surface area contributed by atoms with Crippen LogP contribution in [0.25, 0.3) is 0 Å². The van der Waals surface area contributed by atoms with Gasteiger partial charge in [0.25, 0.3) is 17.5 Å². The lowest BCUT2D eigenvalue weighted by molar-refractivity contribution is -0.702. The van der Waals surface area contributed by atoms with E-state index in [1.165, 1.54) is 6.08 Å². The van der Waals surface area contributed by atoms with Gasteiger partial charge in [-0.2, -0.15) is 9.83 Å². The number of Topliss-reactive ketones (excluding diaryl/α,β-unsaturated/α-hetero) is 1. The third-order valence-electron chi connectivity index (χ3n) is 3.19. The van der Waals surface area contributed by atoms with E-state index in [-0.39, 0.29) is 12.2 Å². The second kappa shape index (κ2) is 5.75. The quantitative estimate of drug-likeness (QED) is 0.466. The molecule has 0 fully saturated rings. The first-order valence-electron chi connectivity index (χ1n) is 6.56. The molecular formula is C15H16N3O3+. The van der Waals surface area contributed by atoms with Crippen LogP contribution in [0.5, 0.6) is 0 Å². The molecule has 6 heteroatoms. The van der Waals surface area contributed by atoms with Gasteiger partial charge in [-0.3, -0.25) is 4.79 Å². The zero-order chi connectivity index (χ0) is 15.6. The number of hydrogen-bond acceptors (Lipinski definition) is 5. The topological polar surface area (TPSA) is 74.3 Å². The molecule has 0 amide bonds. The standard InChI is InChI=1S/C15H16N3O3/c1-4-21-15(20)11-8-10(9-16)18-7-5-6-12(17(2)3)13(18)14(11)19/h5-8,10H,4H2,1-3H3/q+1. The molecule has 0 aliphatic carbocycles. The summed E-state index contributed by atoms with van der Waals surface area (Å²) in [5, 5.41) is 9.29. The summed E-state index contributed by atoms with van der Waals surface area (Å²) >= 11 is 0. The summed E-state index contributed by atoms with van der Waals surface area (Å²) in [5.41, 5.74) is 0.884. The highest BCUT2D eigenvalue weighted by molar-refractivity contribution is 6.24. The number of carbonyl (C=O) groups is 2. The van der Waals surface area contributed by atoms with E-state index in [0.717, 1.165) is 0 Å². The van der Waals surface area contributed by atoms with E-state index in [1.54, 1.807) is 48.8 Å². The summed E-state index contributed by atoms with van der Waals surface area (Å²) in [6.07, 6.45) is 3.01. The predicted octanol–water partition coefficient (Wildman–Crippen LogP) is 0.791. The van der Waals surface area contributed by atoms with Crippen LogP contribution in [-0.2, 0) is 9.53 Å². The van der Waals surface area contributed by atoms with Gasteiger partial charge in [-0.15, -0.1) is 0 Å². The lowest BCUT2D eigenvalue weighted by Gasteiger charge is -2.19. The van der Waals surface area contributed by atoms with Crippen LogP contribution in [0.3, 0.4) is 0 Å². The average molecular weight is 286 g/mol. The van der Waals surface area contributed by atoms with Gasteiger partial charge in [-0.05, 0) is 13.0 Å². The molecule has 2 rings (SSSR count). The molecule has 0 bridgehead atoms. The molecule has 0 N–H and O–H groups in total. The molecule has 1 atom stereocenters. The minimum absolute atomic E-state index is 0.0855. The zero-order valence-corrected chi connectivity index (χ0v) is 12.2. The Bertz CT molecular complexity index is 671. The molecule has 6 nitrogen and oxygen atoms in total. The molecular weight excluding hydrogens is 270 g/mol. The van der Waals surface area contributed by atoms with Gasteiger partial charge in [0, 0.05) is 26.2 Å². The lowest BCUT2D eigenvalue weighted by Crippen LogP contribution is -2.48. The first-order chi connectivity index (χ1) is 10.0. The molecule has 0 aromatic carbocycles. The van der Waals surface area contributed by atoms with Crippen molar-refractivity contribution in [3.8, 4) is 6.07 Å². The number of aromatic nitrogens is 1. The number of nitrogens with zero attached hydrogens (tertiary/aromatic N) is 3. The number of ketones is 1. The molecule has 1 aromatic rings. The smallest absolute Gasteiger partial charge is 0.342 e. The van der Waals surface area contributed by atoms with Crippen molar-refractivity contribution in [2.24, 2.45) is 0 Å². The fourth-order valence-electron chi connectivity index (χ4n) is 2.25. The van der Waals surface area contributed by atoms with Crippen molar-refractivity contribution in [2.45, 2.75) is 13.0 Å². The van der Waals surface area contributed by atoms with Gasteiger partial charge >= 0.3 is 5.97 Å². The van der Waals surface area contributed by atoms with Gasteiger partial charge in [-0.25, -0.2) is 4.79 Å². The average Bonchev–Trinajstić information content (AvgIpc) is 2.47. The molecule has 1 aromatic heterocycles. The van der Waals surface area contributed by atoms with Crippen molar-refractivity contribution >= 4 is 17.4 Å². The highest BCUT2D eigenvalue weighted by Crippen LogP contribution is 2.24. The van der Waals surface area contributed by atoms with E-state index in [9.17, 15) is 14.9 Å². The molecule has 2 heterocycles. The predicted molar refractivity (Wildman–Crippen MR) is 74.7 cm³/mol. The van der Waals surface area contributed by atoms with Crippen molar-refractivity contribution in [2.75, 3.05) is 25.6 Å².